The first-order valence-electron chi connectivity index (χ1n) is 11.0. The zero-order chi connectivity index (χ0) is 22.6. The molecule has 0 bridgehead atoms. The molecule has 1 N–H and O–H groups in total. The number of esters is 1. The average molecular weight is 421 g/mol. The van der Waals surface area contributed by atoms with Gasteiger partial charge in [0.05, 0.1) is 0 Å². The summed E-state index contributed by atoms with van der Waals surface area (Å²) >= 11 is 0. The van der Waals surface area contributed by atoms with Gasteiger partial charge in [-0.25, -0.2) is 4.79 Å². The van der Waals surface area contributed by atoms with Gasteiger partial charge in [-0.05, 0) is 47.8 Å². The molecule has 1 heterocycles. The molecule has 0 radical (unpaired) electrons. The van der Waals surface area contributed by atoms with Gasteiger partial charge in [0.15, 0.2) is 6.10 Å². The number of hydrogen-bond donors (Lipinski definition) is 1. The molecule has 0 spiro atoms. The molecule has 164 valence electrons. The average Bonchev–Trinajstić information content (AvgIpc) is 3.01. The van der Waals surface area contributed by atoms with E-state index in [2.05, 4.69) is 32.9 Å². The van der Waals surface area contributed by atoms with Crippen molar-refractivity contribution in [1.82, 2.24) is 0 Å². The Labute approximate surface area is 184 Å². The number of rotatable bonds is 7. The zero-order valence-corrected chi connectivity index (χ0v) is 18.9. The smallest absolute Gasteiger partial charge is 0.346 e. The van der Waals surface area contributed by atoms with Gasteiger partial charge in [0.1, 0.15) is 11.3 Å². The summed E-state index contributed by atoms with van der Waals surface area (Å²) in [5, 5.41) is 10.7. The second-order valence-electron chi connectivity index (χ2n) is 9.45. The van der Waals surface area contributed by atoms with Crippen LogP contribution < -0.4 is 0 Å². The van der Waals surface area contributed by atoms with Crippen LogP contribution in [0.4, 0.5) is 0 Å². The summed E-state index contributed by atoms with van der Waals surface area (Å²) in [6, 6.07) is 18.2. The van der Waals surface area contributed by atoms with Gasteiger partial charge in [-0.15, -0.1) is 0 Å². The van der Waals surface area contributed by atoms with Crippen molar-refractivity contribution in [3.8, 4) is 0 Å². The van der Waals surface area contributed by atoms with Crippen LogP contribution in [0.5, 0.6) is 0 Å². The van der Waals surface area contributed by atoms with Gasteiger partial charge in [0.25, 0.3) is 0 Å². The number of aryl methyl sites for hydroxylation is 1. The molecule has 2 aromatic rings. The number of allylic oxidation sites excluding steroid dienone is 1. The highest BCUT2D eigenvalue weighted by Gasteiger charge is 2.41. The number of ether oxygens (including phenoxy) is 1. The predicted octanol–water partition coefficient (Wildman–Crippen LogP) is 5.49. The Bertz CT molecular complexity index is 949. The van der Waals surface area contributed by atoms with Crippen LogP contribution >= 0.6 is 0 Å². The summed E-state index contributed by atoms with van der Waals surface area (Å²) in [6.07, 6.45) is 1.75. The number of hydrogen-bond acceptors (Lipinski definition) is 4. The summed E-state index contributed by atoms with van der Waals surface area (Å²) in [5.74, 6) is -1.62. The molecule has 1 aliphatic rings. The number of ketones is 1. The van der Waals surface area contributed by atoms with Crippen LogP contribution in [-0.2, 0) is 32.6 Å². The number of Topliss-reactive ketones (excluding diaryl/α,β-unsaturated/α-hetero) is 1. The van der Waals surface area contributed by atoms with E-state index in [1.165, 1.54) is 11.1 Å². The third kappa shape index (κ3) is 5.63. The van der Waals surface area contributed by atoms with E-state index in [-0.39, 0.29) is 22.7 Å². The molecule has 0 saturated carbocycles. The van der Waals surface area contributed by atoms with E-state index in [0.29, 0.717) is 12.8 Å². The van der Waals surface area contributed by atoms with Crippen LogP contribution in [0.25, 0.3) is 0 Å². The largest absolute Gasteiger partial charge is 0.511 e. The van der Waals surface area contributed by atoms with Gasteiger partial charge < -0.3 is 9.84 Å². The van der Waals surface area contributed by atoms with Crippen LogP contribution in [0.3, 0.4) is 0 Å². The zero-order valence-electron chi connectivity index (χ0n) is 18.9. The van der Waals surface area contributed by atoms with Crippen molar-refractivity contribution in [2.45, 2.75) is 64.9 Å². The van der Waals surface area contributed by atoms with Crippen LogP contribution in [0.15, 0.2) is 65.9 Å². The Morgan fingerprint density at radius 2 is 1.65 bits per heavy atom. The quantitative estimate of drug-likeness (QED) is 0.278. The maximum atomic E-state index is 12.7. The van der Waals surface area contributed by atoms with E-state index in [4.69, 9.17) is 4.74 Å². The molecule has 2 unspecified atom stereocenters. The van der Waals surface area contributed by atoms with Crippen molar-refractivity contribution in [2.24, 2.45) is 5.92 Å². The second kappa shape index (κ2) is 9.51. The highest BCUT2D eigenvalue weighted by atomic mass is 16.6. The van der Waals surface area contributed by atoms with Gasteiger partial charge in [-0.3, -0.25) is 4.79 Å². The molecule has 2 aromatic carbocycles. The molecular formula is C27H32O4. The number of benzene rings is 2. The summed E-state index contributed by atoms with van der Waals surface area (Å²) in [5.41, 5.74) is 3.36. The van der Waals surface area contributed by atoms with E-state index in [0.717, 1.165) is 18.4 Å². The van der Waals surface area contributed by atoms with E-state index >= 15 is 0 Å². The van der Waals surface area contributed by atoms with Crippen LogP contribution in [0.1, 0.15) is 57.2 Å². The van der Waals surface area contributed by atoms with Crippen molar-refractivity contribution in [2.75, 3.05) is 0 Å². The van der Waals surface area contributed by atoms with Gasteiger partial charge in [-0.1, -0.05) is 82.3 Å². The number of carbonyl (C=O) groups excluding carboxylic acids is 2. The lowest BCUT2D eigenvalue weighted by atomic mass is 9.86. The molecule has 2 atom stereocenters. The third-order valence-corrected chi connectivity index (χ3v) is 5.85. The second-order valence-corrected chi connectivity index (χ2v) is 9.45. The Morgan fingerprint density at radius 1 is 1.00 bits per heavy atom. The Hall–Kier alpha value is -2.88. The lowest BCUT2D eigenvalue weighted by molar-refractivity contribution is -0.141. The fourth-order valence-corrected chi connectivity index (χ4v) is 3.90. The molecule has 1 aliphatic heterocycles. The predicted molar refractivity (Wildman–Crippen MR) is 122 cm³/mol. The number of cyclic esters (lactones) is 1. The topological polar surface area (TPSA) is 63.6 Å². The van der Waals surface area contributed by atoms with Crippen molar-refractivity contribution in [1.29, 1.82) is 0 Å². The lowest BCUT2D eigenvalue weighted by Crippen LogP contribution is -2.18. The van der Waals surface area contributed by atoms with Crippen LogP contribution in [0.2, 0.25) is 0 Å². The van der Waals surface area contributed by atoms with E-state index in [9.17, 15) is 14.7 Å². The minimum absolute atomic E-state index is 0.0732. The fraction of sp³-hybridized carbons (Fsp3) is 0.407. The molecule has 31 heavy (non-hydrogen) atoms. The molecular weight excluding hydrogens is 388 g/mol. The first kappa shape index (κ1) is 22.8. The molecule has 0 aromatic heterocycles. The summed E-state index contributed by atoms with van der Waals surface area (Å²) in [4.78, 5) is 25.1. The van der Waals surface area contributed by atoms with Crippen molar-refractivity contribution < 1.29 is 19.4 Å². The molecule has 3 rings (SSSR count). The third-order valence-electron chi connectivity index (χ3n) is 5.85. The Balaban J connectivity index is 1.63. The molecule has 4 nitrogen and oxygen atoms in total. The summed E-state index contributed by atoms with van der Waals surface area (Å²) < 4.78 is 5.29. The number of carbonyl (C=O) groups is 2. The van der Waals surface area contributed by atoms with E-state index in [1.807, 2.05) is 49.4 Å². The molecule has 0 amide bonds. The van der Waals surface area contributed by atoms with E-state index in [1.54, 1.807) is 0 Å². The molecule has 1 fully saturated rings. The summed E-state index contributed by atoms with van der Waals surface area (Å²) in [6.45, 7) is 8.31. The fourth-order valence-electron chi connectivity index (χ4n) is 3.90. The van der Waals surface area contributed by atoms with Gasteiger partial charge in [0, 0.05) is 5.92 Å². The standard InChI is InChI=1S/C27H32O4/c1-18(17-20-13-15-21(16-14-20)27(2,3)4)24(28)23-25(29)22(31-26(23)30)12-8-11-19-9-6-5-7-10-19/h5-7,9-10,13-16,18,22,28H,8,11-12,17H2,1-4H3/b24-23+. The number of aliphatic hydroxyl groups excluding tert-OH is 1. The van der Waals surface area contributed by atoms with Crippen molar-refractivity contribution in [3.05, 3.63) is 82.6 Å². The monoisotopic (exact) mass is 420 g/mol. The lowest BCUT2D eigenvalue weighted by Gasteiger charge is -2.19. The van der Waals surface area contributed by atoms with E-state index < -0.39 is 17.9 Å². The Morgan fingerprint density at radius 3 is 2.26 bits per heavy atom. The summed E-state index contributed by atoms with van der Waals surface area (Å²) in [7, 11) is 0. The Kier molecular flexibility index (Phi) is 6.99. The SMILES string of the molecule is CC(Cc1ccc(C(C)(C)C)cc1)/C(O)=C1\C(=O)OC(CCCc2ccccc2)C1=O. The molecule has 1 saturated heterocycles. The normalized spacial score (nSPS) is 19.3. The minimum Gasteiger partial charge on any atom is -0.511 e. The maximum Gasteiger partial charge on any atom is 0.346 e. The maximum absolute atomic E-state index is 12.7. The van der Waals surface area contributed by atoms with Crippen molar-refractivity contribution >= 4 is 11.8 Å². The molecule has 4 heteroatoms. The minimum atomic E-state index is -0.799. The van der Waals surface area contributed by atoms with Gasteiger partial charge >= 0.3 is 5.97 Å². The number of aliphatic hydroxyl groups is 1. The van der Waals surface area contributed by atoms with Crippen LogP contribution in [0, 0.1) is 5.92 Å². The highest BCUT2D eigenvalue weighted by Crippen LogP contribution is 2.28. The van der Waals surface area contributed by atoms with Crippen molar-refractivity contribution in [3.63, 3.8) is 0 Å². The first-order valence-corrected chi connectivity index (χ1v) is 11.0. The van der Waals surface area contributed by atoms with Gasteiger partial charge in [-0.2, -0.15) is 0 Å². The highest BCUT2D eigenvalue weighted by molar-refractivity contribution is 6.23. The molecule has 0 aliphatic carbocycles. The van der Waals surface area contributed by atoms with Gasteiger partial charge in [0.2, 0.25) is 5.78 Å². The first-order chi connectivity index (χ1) is 14.7. The van der Waals surface area contributed by atoms with Crippen LogP contribution in [-0.4, -0.2) is 23.0 Å².